The Kier molecular flexibility index (Phi) is 8.07. The molecule has 10 heteroatoms. The van der Waals surface area contributed by atoms with E-state index in [0.717, 1.165) is 16.8 Å². The lowest BCUT2D eigenvalue weighted by Gasteiger charge is -2.10. The quantitative estimate of drug-likeness (QED) is 0.454. The van der Waals surface area contributed by atoms with Gasteiger partial charge in [0.25, 0.3) is 0 Å². The summed E-state index contributed by atoms with van der Waals surface area (Å²) in [4.78, 5) is 12.4. The highest BCUT2D eigenvalue weighted by atomic mass is 32.2. The Balaban J connectivity index is 1.79. The summed E-state index contributed by atoms with van der Waals surface area (Å²) in [6.45, 7) is 8.16. The van der Waals surface area contributed by atoms with Gasteiger partial charge in [0.2, 0.25) is 11.8 Å². The first-order chi connectivity index (χ1) is 15.0. The lowest BCUT2D eigenvalue weighted by molar-refractivity contribution is -0.113. The van der Waals surface area contributed by atoms with Gasteiger partial charge in [-0.3, -0.25) is 14.0 Å². The highest BCUT2D eigenvalue weighted by molar-refractivity contribution is 7.99. The molecule has 2 heterocycles. The average Bonchev–Trinajstić information content (AvgIpc) is 3.34. The van der Waals surface area contributed by atoms with E-state index in [9.17, 15) is 4.79 Å². The monoisotopic (exact) mass is 444 g/mol. The fourth-order valence-electron chi connectivity index (χ4n) is 2.99. The number of aromatic nitrogens is 5. The number of amides is 1. The molecule has 0 saturated heterocycles. The highest BCUT2D eigenvalue weighted by Gasteiger charge is 2.21. The largest absolute Gasteiger partial charge is 0.476 e. The van der Waals surface area contributed by atoms with Crippen molar-refractivity contribution in [3.05, 3.63) is 36.0 Å². The number of hydrogen-bond acceptors (Lipinski definition) is 7. The number of carbonyl (C=O) groups is 1. The maximum absolute atomic E-state index is 12.4. The topological polar surface area (TPSA) is 96.1 Å². The molecule has 0 spiro atoms. The molecule has 1 amide bonds. The minimum Gasteiger partial charge on any atom is -0.476 e. The van der Waals surface area contributed by atoms with Gasteiger partial charge < -0.3 is 14.8 Å². The van der Waals surface area contributed by atoms with Crippen molar-refractivity contribution in [1.82, 2.24) is 24.5 Å². The first-order valence-electron chi connectivity index (χ1n) is 10.2. The van der Waals surface area contributed by atoms with Gasteiger partial charge in [-0.2, -0.15) is 0 Å². The summed E-state index contributed by atoms with van der Waals surface area (Å²) in [6.07, 6.45) is 1.90. The zero-order valence-electron chi connectivity index (χ0n) is 18.3. The molecular weight excluding hydrogens is 416 g/mol. The van der Waals surface area contributed by atoms with Crippen LogP contribution in [-0.2, 0) is 22.6 Å². The molecule has 0 bridgehead atoms. The number of hydrogen-bond donors (Lipinski definition) is 1. The van der Waals surface area contributed by atoms with Crippen LogP contribution < -0.4 is 10.1 Å². The fourth-order valence-corrected chi connectivity index (χ4v) is 3.76. The Labute approximate surface area is 186 Å². The lowest BCUT2D eigenvalue weighted by atomic mass is 10.2. The molecule has 166 valence electrons. The predicted octanol–water partition coefficient (Wildman–Crippen LogP) is 3.25. The fraction of sp³-hybridized carbons (Fsp3) is 0.429. The number of rotatable bonds is 11. The van der Waals surface area contributed by atoms with Crippen LogP contribution in [0.2, 0.25) is 0 Å². The summed E-state index contributed by atoms with van der Waals surface area (Å²) < 4.78 is 14.7. The average molecular weight is 445 g/mol. The molecule has 1 aromatic carbocycles. The van der Waals surface area contributed by atoms with Crippen LogP contribution in [-0.4, -0.2) is 56.5 Å². The van der Waals surface area contributed by atoms with Gasteiger partial charge in [-0.25, -0.2) is 0 Å². The minimum atomic E-state index is -0.104. The molecule has 0 aliphatic rings. The van der Waals surface area contributed by atoms with E-state index in [2.05, 4.69) is 20.6 Å². The third kappa shape index (κ3) is 5.86. The smallest absolute Gasteiger partial charge is 0.243 e. The number of nitrogens with zero attached hydrogens (tertiary/aromatic N) is 5. The number of methoxy groups -OCH3 is 1. The van der Waals surface area contributed by atoms with Crippen molar-refractivity contribution < 1.29 is 14.3 Å². The summed E-state index contributed by atoms with van der Waals surface area (Å²) in [5.74, 6) is 1.27. The van der Waals surface area contributed by atoms with Gasteiger partial charge in [-0.05, 0) is 38.5 Å². The molecule has 0 saturated carbocycles. The van der Waals surface area contributed by atoms with Crippen molar-refractivity contribution in [2.45, 2.75) is 39.0 Å². The standard InChI is InChI=1S/C21H28N6O3S/c1-5-26-13-17(20(25-26)30-6-2)19-23-24-21(27(19)10-11-29-4)31-14-18(28)22-16-9-7-8-15(3)12-16/h7-9,12-13H,5-6,10-11,14H2,1-4H3,(H,22,28). The zero-order valence-corrected chi connectivity index (χ0v) is 19.1. The lowest BCUT2D eigenvalue weighted by Crippen LogP contribution is -2.15. The number of benzene rings is 1. The minimum absolute atomic E-state index is 0.104. The Morgan fingerprint density at radius 1 is 1.26 bits per heavy atom. The number of anilines is 1. The predicted molar refractivity (Wildman–Crippen MR) is 120 cm³/mol. The van der Waals surface area contributed by atoms with E-state index in [1.807, 2.05) is 55.8 Å². The van der Waals surface area contributed by atoms with Crippen LogP contribution in [0, 0.1) is 6.92 Å². The summed E-state index contributed by atoms with van der Waals surface area (Å²) in [5.41, 5.74) is 2.64. The van der Waals surface area contributed by atoms with Crippen molar-refractivity contribution in [2.75, 3.05) is 31.4 Å². The molecule has 0 fully saturated rings. The highest BCUT2D eigenvalue weighted by Crippen LogP contribution is 2.30. The Hall–Kier alpha value is -2.85. The van der Waals surface area contributed by atoms with E-state index in [4.69, 9.17) is 9.47 Å². The number of aryl methyl sites for hydroxylation is 2. The molecule has 3 rings (SSSR count). The zero-order chi connectivity index (χ0) is 22.2. The van der Waals surface area contributed by atoms with Crippen molar-refractivity contribution >= 4 is 23.4 Å². The Morgan fingerprint density at radius 3 is 2.81 bits per heavy atom. The molecule has 0 unspecified atom stereocenters. The molecule has 0 aliphatic carbocycles. The van der Waals surface area contributed by atoms with Crippen LogP contribution >= 0.6 is 11.8 Å². The first-order valence-corrected chi connectivity index (χ1v) is 11.2. The van der Waals surface area contributed by atoms with Gasteiger partial charge in [-0.1, -0.05) is 23.9 Å². The molecular formula is C21H28N6O3S. The summed E-state index contributed by atoms with van der Waals surface area (Å²) in [7, 11) is 1.65. The maximum Gasteiger partial charge on any atom is 0.243 e. The molecule has 0 aliphatic heterocycles. The van der Waals surface area contributed by atoms with Gasteiger partial charge in [-0.15, -0.1) is 15.3 Å². The summed E-state index contributed by atoms with van der Waals surface area (Å²) in [5, 5.41) is 16.7. The van der Waals surface area contributed by atoms with Crippen LogP contribution in [0.5, 0.6) is 5.88 Å². The van der Waals surface area contributed by atoms with Crippen molar-refractivity contribution in [3.63, 3.8) is 0 Å². The Morgan fingerprint density at radius 2 is 2.10 bits per heavy atom. The van der Waals surface area contributed by atoms with E-state index >= 15 is 0 Å². The SMILES string of the molecule is CCOc1nn(CC)cc1-c1nnc(SCC(=O)Nc2cccc(C)c2)n1CCOC. The van der Waals surface area contributed by atoms with Crippen LogP contribution in [0.3, 0.4) is 0 Å². The molecule has 3 aromatic rings. The number of carbonyl (C=O) groups excluding carboxylic acids is 1. The number of ether oxygens (including phenoxy) is 2. The first kappa shape index (κ1) is 22.8. The van der Waals surface area contributed by atoms with Gasteiger partial charge in [0.15, 0.2) is 11.0 Å². The van der Waals surface area contributed by atoms with Crippen LogP contribution in [0.15, 0.2) is 35.6 Å². The molecule has 9 nitrogen and oxygen atoms in total. The second kappa shape index (κ2) is 11.0. The van der Waals surface area contributed by atoms with E-state index in [1.54, 1.807) is 11.8 Å². The van der Waals surface area contributed by atoms with Gasteiger partial charge >= 0.3 is 0 Å². The molecule has 0 radical (unpaired) electrons. The van der Waals surface area contributed by atoms with Gasteiger partial charge in [0.05, 0.1) is 25.5 Å². The molecule has 1 N–H and O–H groups in total. The molecule has 0 atom stereocenters. The van der Waals surface area contributed by atoms with E-state index < -0.39 is 0 Å². The third-order valence-electron chi connectivity index (χ3n) is 4.44. The second-order valence-electron chi connectivity index (χ2n) is 6.79. The van der Waals surface area contributed by atoms with Gasteiger partial charge in [0, 0.05) is 25.5 Å². The van der Waals surface area contributed by atoms with Crippen LogP contribution in [0.1, 0.15) is 19.4 Å². The third-order valence-corrected chi connectivity index (χ3v) is 5.41. The van der Waals surface area contributed by atoms with Crippen molar-refractivity contribution in [1.29, 1.82) is 0 Å². The van der Waals surface area contributed by atoms with E-state index in [0.29, 0.717) is 43.2 Å². The number of thioether (sulfide) groups is 1. The van der Waals surface area contributed by atoms with Crippen molar-refractivity contribution in [3.8, 4) is 17.3 Å². The number of nitrogens with one attached hydrogen (secondary N) is 1. The summed E-state index contributed by atoms with van der Waals surface area (Å²) >= 11 is 1.33. The van der Waals surface area contributed by atoms with E-state index in [-0.39, 0.29) is 11.7 Å². The van der Waals surface area contributed by atoms with Crippen LogP contribution in [0.4, 0.5) is 5.69 Å². The summed E-state index contributed by atoms with van der Waals surface area (Å²) in [6, 6.07) is 7.71. The van der Waals surface area contributed by atoms with Crippen LogP contribution in [0.25, 0.3) is 11.4 Å². The molecule has 2 aromatic heterocycles. The molecule has 31 heavy (non-hydrogen) atoms. The van der Waals surface area contributed by atoms with E-state index in [1.165, 1.54) is 11.8 Å². The maximum atomic E-state index is 12.4. The normalized spacial score (nSPS) is 11.0. The van der Waals surface area contributed by atoms with Crippen molar-refractivity contribution in [2.24, 2.45) is 0 Å². The van der Waals surface area contributed by atoms with Gasteiger partial charge in [0.1, 0.15) is 5.56 Å². The second-order valence-corrected chi connectivity index (χ2v) is 7.74. The Bertz CT molecular complexity index is 1020.